The van der Waals surface area contributed by atoms with E-state index in [4.69, 9.17) is 0 Å². The molecule has 0 aromatic heterocycles. The molecule has 0 aliphatic carbocycles. The van der Waals surface area contributed by atoms with Crippen molar-refractivity contribution in [2.24, 2.45) is 0 Å². The zero-order chi connectivity index (χ0) is 42.4. The van der Waals surface area contributed by atoms with Gasteiger partial charge in [0.15, 0.2) is 0 Å². The monoisotopic (exact) mass is 966 g/mol. The van der Waals surface area contributed by atoms with E-state index in [1.54, 1.807) is 0 Å². The third-order valence-electron chi connectivity index (χ3n) is 8.21. The standard InChI is InChI=1S/C35H26N4O15S4.4Na.4H/c40-33(36-25-7-9-29-21(13-25)15-27(55(43,44)45)17-31(29)57(49,50)51)19-3-1-5-23(11-19)38-35(42)39-24-6-2-4-20(12-24)34(41)37-26-8-10-30-22(14-26)16-28(56(46,47)48)18-32(30)58(52,53)54;;;;;;;;/h1-18H,(H,36,40)(H,37,41)(H2,38,39,42)(H,43,44,45)(H,46,47,48)(H,49,50,51)(H,52,53,54);;;;;;;;. The molecule has 27 heteroatoms. The Bertz CT molecular complexity index is 3000. The van der Waals surface area contributed by atoms with Gasteiger partial charge in [-0.05, 0) is 95.7 Å². The van der Waals surface area contributed by atoms with Gasteiger partial charge in [0, 0.05) is 44.6 Å². The first-order chi connectivity index (χ1) is 27.0. The molecule has 4 amide bonds. The third-order valence-corrected chi connectivity index (χ3v) is 11.7. The number of carbonyl (C=O) groups excluding carboxylic acids is 3. The van der Waals surface area contributed by atoms with Crippen molar-refractivity contribution in [3.05, 3.63) is 120 Å². The molecule has 0 aliphatic heterocycles. The molecule has 8 N–H and O–H groups in total. The summed E-state index contributed by atoms with van der Waals surface area (Å²) in [5.74, 6) is -1.40. The van der Waals surface area contributed by atoms with Crippen LogP contribution in [0.15, 0.2) is 129 Å². The Morgan fingerprint density at radius 1 is 0.387 bits per heavy atom. The molecule has 6 aromatic rings. The summed E-state index contributed by atoms with van der Waals surface area (Å²) in [6.07, 6.45) is 0. The molecule has 6 aromatic carbocycles. The third kappa shape index (κ3) is 13.9. The predicted octanol–water partition coefficient (Wildman–Crippen LogP) is 2.53. The summed E-state index contributed by atoms with van der Waals surface area (Å²) in [5.41, 5.74) is 0.532. The summed E-state index contributed by atoms with van der Waals surface area (Å²) in [6.45, 7) is 0. The Morgan fingerprint density at radius 2 is 0.726 bits per heavy atom. The average Bonchev–Trinajstić information content (AvgIpc) is 3.12. The fourth-order valence-corrected chi connectivity index (χ4v) is 8.39. The van der Waals surface area contributed by atoms with E-state index in [0.717, 1.165) is 12.1 Å². The van der Waals surface area contributed by atoms with Crippen molar-refractivity contribution in [1.29, 1.82) is 0 Å². The van der Waals surface area contributed by atoms with Crippen LogP contribution in [0, 0.1) is 0 Å². The van der Waals surface area contributed by atoms with E-state index in [9.17, 15) is 66.3 Å². The summed E-state index contributed by atoms with van der Waals surface area (Å²) in [5, 5.41) is 9.86. The molecule has 0 saturated heterocycles. The summed E-state index contributed by atoms with van der Waals surface area (Å²) in [7, 11) is -19.6. The number of fused-ring (bicyclic) bond motifs is 2. The second kappa shape index (κ2) is 21.8. The quantitative estimate of drug-likeness (QED) is 0.0723. The van der Waals surface area contributed by atoms with Crippen molar-refractivity contribution >= 4 is 221 Å². The van der Waals surface area contributed by atoms with E-state index in [2.05, 4.69) is 21.3 Å². The SMILES string of the molecule is O=C(Nc1cccc(C(=O)Nc2ccc3c(S(=O)(=O)O)cc(S(=O)(=O)O)cc3c2)c1)Nc1cccc(C(=O)Nc2ccc3c(S(=O)(=O)O)cc(S(=O)(=O)O)cc3c2)c1.[NaH].[NaH].[NaH].[NaH]. The Morgan fingerprint density at radius 3 is 1.05 bits per heavy atom. The summed E-state index contributed by atoms with van der Waals surface area (Å²) in [4.78, 5) is 35.9. The minimum atomic E-state index is -4.92. The van der Waals surface area contributed by atoms with Gasteiger partial charge >= 0.3 is 124 Å². The van der Waals surface area contributed by atoms with Crippen LogP contribution >= 0.6 is 0 Å². The van der Waals surface area contributed by atoms with Crippen LogP contribution in [0.25, 0.3) is 21.5 Å². The summed E-state index contributed by atoms with van der Waals surface area (Å²) < 4.78 is 133. The maximum atomic E-state index is 13.1. The number of rotatable bonds is 10. The van der Waals surface area contributed by atoms with Crippen LogP contribution < -0.4 is 21.3 Å². The first-order valence-electron chi connectivity index (χ1n) is 15.9. The fraction of sp³-hybridized carbons (Fsp3) is 0. The number of hydrogen-bond acceptors (Lipinski definition) is 11. The number of amides is 4. The predicted molar refractivity (Wildman–Crippen MR) is 237 cm³/mol. The van der Waals surface area contributed by atoms with Crippen molar-refractivity contribution in [3.8, 4) is 0 Å². The second-order valence-electron chi connectivity index (χ2n) is 12.3. The van der Waals surface area contributed by atoms with Gasteiger partial charge in [-0.3, -0.25) is 27.8 Å². The van der Waals surface area contributed by atoms with E-state index in [1.807, 2.05) is 0 Å². The summed E-state index contributed by atoms with van der Waals surface area (Å²) in [6, 6.07) is 21.0. The van der Waals surface area contributed by atoms with Gasteiger partial charge in [-0.15, -0.1) is 0 Å². The molecule has 0 radical (unpaired) electrons. The van der Waals surface area contributed by atoms with Crippen LogP contribution in [0.2, 0.25) is 0 Å². The van der Waals surface area contributed by atoms with Crippen LogP contribution in [0.1, 0.15) is 20.7 Å². The number of anilines is 4. The second-order valence-corrected chi connectivity index (χ2v) is 17.9. The zero-order valence-corrected chi connectivity index (χ0v) is 32.1. The van der Waals surface area contributed by atoms with E-state index in [0.29, 0.717) is 12.1 Å². The van der Waals surface area contributed by atoms with Gasteiger partial charge in [-0.2, -0.15) is 33.7 Å². The summed E-state index contributed by atoms with van der Waals surface area (Å²) >= 11 is 0. The van der Waals surface area contributed by atoms with Gasteiger partial charge in [0.2, 0.25) is 0 Å². The maximum absolute atomic E-state index is 13.1. The molecular formula is C35H30N4Na4O15S4. The van der Waals surface area contributed by atoms with Gasteiger partial charge in [0.05, 0.1) is 9.79 Å². The molecule has 0 saturated carbocycles. The molecule has 0 unspecified atom stereocenters. The van der Waals surface area contributed by atoms with Crippen LogP contribution in [-0.4, -0.2) is 188 Å². The van der Waals surface area contributed by atoms with Crippen LogP contribution in [0.4, 0.5) is 27.5 Å². The molecule has 6 rings (SSSR count). The molecule has 0 aliphatic rings. The molecular weight excluding hydrogens is 937 g/mol. The number of urea groups is 1. The number of nitrogens with one attached hydrogen (secondary N) is 4. The van der Waals surface area contributed by atoms with Crippen LogP contribution in [-0.2, 0) is 40.5 Å². The molecule has 62 heavy (non-hydrogen) atoms. The van der Waals surface area contributed by atoms with E-state index >= 15 is 0 Å². The number of carbonyl (C=O) groups is 3. The van der Waals surface area contributed by atoms with Crippen molar-refractivity contribution in [3.63, 3.8) is 0 Å². The normalized spacial score (nSPS) is 11.4. The topological polar surface area (TPSA) is 317 Å². The zero-order valence-electron chi connectivity index (χ0n) is 28.8. The van der Waals surface area contributed by atoms with Gasteiger partial charge in [-0.25, -0.2) is 4.79 Å². The Labute approximate surface area is 442 Å². The molecule has 308 valence electrons. The average molecular weight is 967 g/mol. The first-order valence-corrected chi connectivity index (χ1v) is 21.7. The van der Waals surface area contributed by atoms with Gasteiger partial charge in [0.25, 0.3) is 52.3 Å². The van der Waals surface area contributed by atoms with E-state index in [-0.39, 0.29) is 174 Å². The Hall–Kier alpha value is -2.31. The van der Waals surface area contributed by atoms with Gasteiger partial charge in [0.1, 0.15) is 9.79 Å². The van der Waals surface area contributed by atoms with Crippen molar-refractivity contribution in [2.45, 2.75) is 19.6 Å². The van der Waals surface area contributed by atoms with E-state index < -0.39 is 77.9 Å². The van der Waals surface area contributed by atoms with Gasteiger partial charge < -0.3 is 21.3 Å². The van der Waals surface area contributed by atoms with Crippen molar-refractivity contribution in [2.75, 3.05) is 21.3 Å². The molecule has 0 bridgehead atoms. The molecule has 0 spiro atoms. The van der Waals surface area contributed by atoms with Crippen LogP contribution in [0.3, 0.4) is 0 Å². The number of benzene rings is 6. The van der Waals surface area contributed by atoms with Gasteiger partial charge in [-0.1, -0.05) is 24.3 Å². The molecule has 19 nitrogen and oxygen atoms in total. The fourth-order valence-electron chi connectivity index (χ4n) is 5.67. The number of hydrogen-bond donors (Lipinski definition) is 8. The Kier molecular flexibility index (Phi) is 19.6. The van der Waals surface area contributed by atoms with Crippen LogP contribution in [0.5, 0.6) is 0 Å². The molecule has 0 fully saturated rings. The Balaban J connectivity index is 0.00000331. The van der Waals surface area contributed by atoms with E-state index in [1.165, 1.54) is 84.9 Å². The first kappa shape index (κ1) is 55.8. The molecule has 0 heterocycles. The van der Waals surface area contributed by atoms with Crippen molar-refractivity contribution in [1.82, 2.24) is 0 Å². The molecule has 0 atom stereocenters. The minimum absolute atomic E-state index is 0. The van der Waals surface area contributed by atoms with Crippen molar-refractivity contribution < 1.29 is 66.3 Å².